The Kier molecular flexibility index (Phi) is 5.28. The molecular weight excluding hydrogens is 594 g/mol. The van der Waals surface area contributed by atoms with Gasteiger partial charge < -0.3 is 13.7 Å². The van der Waals surface area contributed by atoms with E-state index in [9.17, 15) is 0 Å². The summed E-state index contributed by atoms with van der Waals surface area (Å²) in [4.78, 5) is 17.8. The van der Waals surface area contributed by atoms with Gasteiger partial charge in [-0.2, -0.15) is 0 Å². The van der Waals surface area contributed by atoms with Crippen LogP contribution in [0.2, 0.25) is 0 Å². The fourth-order valence-corrected chi connectivity index (χ4v) is 7.52. The first kappa shape index (κ1) is 27.2. The molecule has 4 aromatic heterocycles. The Labute approximate surface area is 276 Å². The second-order valence-electron chi connectivity index (χ2n) is 13.7. The molecule has 0 bridgehead atoms. The van der Waals surface area contributed by atoms with Crippen molar-refractivity contribution in [1.29, 1.82) is 0 Å². The lowest BCUT2D eigenvalue weighted by Gasteiger charge is -2.41. The molecule has 232 valence electrons. The summed E-state index contributed by atoms with van der Waals surface area (Å²) in [6.07, 6.45) is 0. The lowest BCUT2D eigenvalue weighted by molar-refractivity contribution is 0.253. The maximum absolute atomic E-state index is 6.56. The number of hydrogen-bond acceptors (Lipinski definition) is 6. The van der Waals surface area contributed by atoms with Crippen molar-refractivity contribution in [2.24, 2.45) is 0 Å². The Hall–Kier alpha value is -5.95. The third-order valence-corrected chi connectivity index (χ3v) is 10.6. The third kappa shape index (κ3) is 3.50. The summed E-state index contributed by atoms with van der Waals surface area (Å²) in [5.74, 6) is 1.54. The molecule has 7 heteroatoms. The van der Waals surface area contributed by atoms with E-state index >= 15 is 0 Å². The number of para-hydroxylation sites is 1. The fourth-order valence-electron chi connectivity index (χ4n) is 7.52. The largest absolute Gasteiger partial charge is 0.454 e. The summed E-state index contributed by atoms with van der Waals surface area (Å²) in [7, 11) is 0. The first-order valence-corrected chi connectivity index (χ1v) is 16.3. The van der Waals surface area contributed by atoms with Crippen LogP contribution in [0.25, 0.3) is 77.7 Å². The van der Waals surface area contributed by atoms with Gasteiger partial charge >= 0.3 is 0 Å². The van der Waals surface area contributed by atoms with Crippen molar-refractivity contribution in [3.05, 3.63) is 115 Å². The van der Waals surface area contributed by atoms with Crippen LogP contribution in [-0.4, -0.2) is 25.1 Å². The van der Waals surface area contributed by atoms with Crippen LogP contribution in [0.1, 0.15) is 27.7 Å². The van der Waals surface area contributed by atoms with Crippen molar-refractivity contribution >= 4 is 66.7 Å². The summed E-state index contributed by atoms with van der Waals surface area (Å²) >= 11 is 0. The molecule has 0 atom stereocenters. The Bertz CT molecular complexity index is 2740. The van der Waals surface area contributed by atoms with Gasteiger partial charge in [-0.15, -0.1) is 0 Å². The van der Waals surface area contributed by atoms with Crippen LogP contribution in [-0.2, 0) is 5.54 Å². The predicted octanol–water partition coefficient (Wildman–Crippen LogP) is 10.6. The van der Waals surface area contributed by atoms with E-state index in [1.165, 1.54) is 0 Å². The highest BCUT2D eigenvalue weighted by Gasteiger charge is 2.53. The van der Waals surface area contributed by atoms with Crippen molar-refractivity contribution < 1.29 is 8.83 Å². The third-order valence-electron chi connectivity index (χ3n) is 10.6. The highest BCUT2D eigenvalue weighted by atomic mass is 16.3. The zero-order valence-electron chi connectivity index (χ0n) is 27.0. The highest BCUT2D eigenvalue weighted by molar-refractivity contribution is 6.14. The van der Waals surface area contributed by atoms with E-state index in [2.05, 4.69) is 91.8 Å². The normalized spacial score (nSPS) is 15.4. The molecule has 1 aliphatic heterocycles. The maximum Gasteiger partial charge on any atom is 0.212 e. The summed E-state index contributed by atoms with van der Waals surface area (Å²) in [6.45, 7) is 9.15. The molecule has 48 heavy (non-hydrogen) atoms. The SMILES string of the molecule is CC1(C)N(c2ccc3oc4c(-c5ccccc5)nc(-c5ccccc5)nc4c3c2)c2nc3ccc4c5ccccc5oc4c3n2C1(C)C. The molecule has 0 aliphatic carbocycles. The molecule has 5 heterocycles. The van der Waals surface area contributed by atoms with Gasteiger partial charge in [-0.05, 0) is 64.1 Å². The summed E-state index contributed by atoms with van der Waals surface area (Å²) in [5, 5.41) is 3.14. The Morgan fingerprint density at radius 2 is 1.25 bits per heavy atom. The molecule has 5 aromatic carbocycles. The molecule has 0 spiro atoms. The van der Waals surface area contributed by atoms with Crippen molar-refractivity contribution in [2.75, 3.05) is 4.90 Å². The van der Waals surface area contributed by atoms with Gasteiger partial charge in [0.15, 0.2) is 17.0 Å². The second-order valence-corrected chi connectivity index (χ2v) is 13.7. The van der Waals surface area contributed by atoms with Crippen LogP contribution in [0.5, 0.6) is 0 Å². The van der Waals surface area contributed by atoms with Crippen LogP contribution >= 0.6 is 0 Å². The predicted molar refractivity (Wildman–Crippen MR) is 193 cm³/mol. The van der Waals surface area contributed by atoms with E-state index in [1.807, 2.05) is 60.7 Å². The van der Waals surface area contributed by atoms with Gasteiger partial charge in [0.05, 0.1) is 16.6 Å². The van der Waals surface area contributed by atoms with Gasteiger partial charge in [0, 0.05) is 33.0 Å². The molecule has 0 saturated heterocycles. The molecular formula is C41H31N5O2. The average Bonchev–Trinajstić information content (AvgIpc) is 3.82. The van der Waals surface area contributed by atoms with E-state index in [-0.39, 0.29) is 11.1 Å². The van der Waals surface area contributed by atoms with Crippen LogP contribution in [0, 0.1) is 0 Å². The topological polar surface area (TPSA) is 73.1 Å². The van der Waals surface area contributed by atoms with Gasteiger partial charge in [0.25, 0.3) is 0 Å². The minimum atomic E-state index is -0.357. The van der Waals surface area contributed by atoms with Crippen molar-refractivity contribution in [3.8, 4) is 22.6 Å². The maximum atomic E-state index is 6.56. The molecule has 0 amide bonds. The first-order valence-electron chi connectivity index (χ1n) is 16.3. The Balaban J connectivity index is 1.23. The number of nitrogens with zero attached hydrogens (tertiary/aromatic N) is 5. The number of anilines is 2. The zero-order valence-corrected chi connectivity index (χ0v) is 27.0. The summed E-state index contributed by atoms with van der Waals surface area (Å²) in [6, 6.07) is 39.2. The van der Waals surface area contributed by atoms with E-state index in [1.54, 1.807) is 0 Å². The number of furan rings is 2. The number of imidazole rings is 1. The van der Waals surface area contributed by atoms with Crippen molar-refractivity contribution in [3.63, 3.8) is 0 Å². The van der Waals surface area contributed by atoms with E-state index in [0.717, 1.165) is 77.9 Å². The molecule has 0 fully saturated rings. The molecule has 10 rings (SSSR count). The molecule has 0 radical (unpaired) electrons. The zero-order chi connectivity index (χ0) is 32.4. The quantitative estimate of drug-likeness (QED) is 0.194. The van der Waals surface area contributed by atoms with E-state index < -0.39 is 0 Å². The van der Waals surface area contributed by atoms with Crippen LogP contribution in [0.15, 0.2) is 124 Å². The monoisotopic (exact) mass is 625 g/mol. The molecule has 9 aromatic rings. The Morgan fingerprint density at radius 3 is 2.04 bits per heavy atom. The average molecular weight is 626 g/mol. The molecule has 0 saturated carbocycles. The number of rotatable bonds is 3. The van der Waals surface area contributed by atoms with Gasteiger partial charge in [-0.1, -0.05) is 78.9 Å². The highest BCUT2D eigenvalue weighted by Crippen LogP contribution is 2.53. The number of hydrogen-bond donors (Lipinski definition) is 0. The van der Waals surface area contributed by atoms with Gasteiger partial charge in [-0.25, -0.2) is 15.0 Å². The van der Waals surface area contributed by atoms with Gasteiger partial charge in [0.2, 0.25) is 5.95 Å². The summed E-state index contributed by atoms with van der Waals surface area (Å²) in [5.41, 5.74) is 8.92. The lowest BCUT2D eigenvalue weighted by Crippen LogP contribution is -2.50. The van der Waals surface area contributed by atoms with Gasteiger partial charge in [0.1, 0.15) is 27.9 Å². The molecule has 7 nitrogen and oxygen atoms in total. The van der Waals surface area contributed by atoms with Crippen molar-refractivity contribution in [1.82, 2.24) is 19.5 Å². The molecule has 1 aliphatic rings. The first-order chi connectivity index (χ1) is 23.3. The molecule has 0 N–H and O–H groups in total. The number of benzene rings is 5. The Morgan fingerprint density at radius 1 is 0.562 bits per heavy atom. The standard InChI is InChI=1S/C41H31N5O2/c1-40(2)41(3,4)46-35-30(21-20-28-27-17-11-12-18-31(27)47-36(28)35)42-39(46)45(40)26-19-22-32-29(23-26)34-37(48-32)33(24-13-7-5-8-14-24)43-38(44-34)25-15-9-6-10-16-25/h5-23H,1-4H3. The minimum absolute atomic E-state index is 0.346. The number of fused-ring (bicyclic) bond motifs is 10. The van der Waals surface area contributed by atoms with Crippen molar-refractivity contribution in [2.45, 2.75) is 38.8 Å². The number of aromatic nitrogens is 4. The fraction of sp³-hybridized carbons (Fsp3) is 0.146. The minimum Gasteiger partial charge on any atom is -0.454 e. The van der Waals surface area contributed by atoms with E-state index in [0.29, 0.717) is 11.4 Å². The summed E-state index contributed by atoms with van der Waals surface area (Å²) < 4.78 is 15.5. The lowest BCUT2D eigenvalue weighted by atomic mass is 9.82. The van der Waals surface area contributed by atoms with Gasteiger partial charge in [-0.3, -0.25) is 4.57 Å². The van der Waals surface area contributed by atoms with Crippen LogP contribution < -0.4 is 4.90 Å². The van der Waals surface area contributed by atoms with E-state index in [4.69, 9.17) is 23.8 Å². The second kappa shape index (κ2) is 9.32. The van der Waals surface area contributed by atoms with Crippen LogP contribution in [0.3, 0.4) is 0 Å². The smallest absolute Gasteiger partial charge is 0.212 e. The molecule has 0 unspecified atom stereocenters. The van der Waals surface area contributed by atoms with Crippen LogP contribution in [0.4, 0.5) is 11.6 Å².